The van der Waals surface area contributed by atoms with E-state index in [2.05, 4.69) is 10.2 Å². The molecule has 1 aliphatic heterocycles. The second-order valence-corrected chi connectivity index (χ2v) is 7.87. The third kappa shape index (κ3) is 4.51. The molecule has 0 radical (unpaired) electrons. The summed E-state index contributed by atoms with van der Waals surface area (Å²) < 4.78 is 13.3. The van der Waals surface area contributed by atoms with Crippen LogP contribution in [0.5, 0.6) is 0 Å². The number of nitrogens with one attached hydrogen (secondary N) is 1. The Bertz CT molecular complexity index is 615. The van der Waals surface area contributed by atoms with E-state index in [-0.39, 0.29) is 11.8 Å². The maximum Gasteiger partial charge on any atom is 0.317 e. The smallest absolute Gasteiger partial charge is 0.317 e. The number of likely N-dealkylation sites (tertiary alicyclic amines) is 1. The second kappa shape index (κ2) is 7.32. The number of nitrogens with zero attached hydrogens (tertiary/aromatic N) is 2. The molecule has 2 aliphatic carbocycles. The molecule has 1 heterocycles. The first-order valence-electron chi connectivity index (χ1n) is 9.72. The lowest BCUT2D eigenvalue weighted by atomic mass is 10.1. The number of carbonyl (C=O) groups is 1. The van der Waals surface area contributed by atoms with E-state index < -0.39 is 0 Å². The van der Waals surface area contributed by atoms with E-state index in [0.717, 1.165) is 37.5 Å². The van der Waals surface area contributed by atoms with Crippen molar-refractivity contribution in [3.05, 3.63) is 35.6 Å². The van der Waals surface area contributed by atoms with Gasteiger partial charge in [-0.3, -0.25) is 0 Å². The van der Waals surface area contributed by atoms with Crippen LogP contribution in [0.25, 0.3) is 0 Å². The van der Waals surface area contributed by atoms with Crippen LogP contribution in [0.15, 0.2) is 24.3 Å². The van der Waals surface area contributed by atoms with Crippen LogP contribution in [0.1, 0.15) is 37.7 Å². The van der Waals surface area contributed by atoms with Crippen LogP contribution < -0.4 is 5.32 Å². The predicted octanol–water partition coefficient (Wildman–Crippen LogP) is 3.03. The highest BCUT2D eigenvalue weighted by Crippen LogP contribution is 2.31. The zero-order chi connectivity index (χ0) is 17.2. The van der Waals surface area contributed by atoms with Crippen LogP contribution in [0, 0.1) is 11.7 Å². The Labute approximate surface area is 149 Å². The van der Waals surface area contributed by atoms with E-state index >= 15 is 0 Å². The van der Waals surface area contributed by atoms with Crippen LogP contribution >= 0.6 is 0 Å². The average molecular weight is 345 g/mol. The maximum atomic E-state index is 13.3. The van der Waals surface area contributed by atoms with Gasteiger partial charge in [-0.15, -0.1) is 0 Å². The number of benzene rings is 1. The summed E-state index contributed by atoms with van der Waals surface area (Å²) in [5.74, 6) is 0.384. The van der Waals surface area contributed by atoms with Crippen LogP contribution in [0.2, 0.25) is 0 Å². The Morgan fingerprint density at radius 2 is 2.08 bits per heavy atom. The molecule has 2 saturated carbocycles. The van der Waals surface area contributed by atoms with Gasteiger partial charge in [0.15, 0.2) is 0 Å². The van der Waals surface area contributed by atoms with Crippen molar-refractivity contribution in [2.45, 2.75) is 50.6 Å². The van der Waals surface area contributed by atoms with Gasteiger partial charge in [-0.25, -0.2) is 9.18 Å². The number of hydrogen-bond donors (Lipinski definition) is 1. The predicted molar refractivity (Wildman–Crippen MR) is 95.9 cm³/mol. The molecule has 0 aromatic heterocycles. The lowest BCUT2D eigenvalue weighted by Crippen LogP contribution is -2.44. The highest BCUT2D eigenvalue weighted by Gasteiger charge is 2.35. The van der Waals surface area contributed by atoms with E-state index in [1.165, 1.54) is 31.9 Å². The zero-order valence-corrected chi connectivity index (χ0v) is 14.8. The summed E-state index contributed by atoms with van der Waals surface area (Å²) in [5, 5.41) is 3.16. The third-order valence-corrected chi connectivity index (χ3v) is 5.70. The van der Waals surface area contributed by atoms with Gasteiger partial charge in [0.2, 0.25) is 0 Å². The first-order valence-corrected chi connectivity index (χ1v) is 9.72. The molecule has 3 aliphatic rings. The third-order valence-electron chi connectivity index (χ3n) is 5.70. The number of amides is 2. The topological polar surface area (TPSA) is 35.6 Å². The summed E-state index contributed by atoms with van der Waals surface area (Å²) in [7, 11) is 0. The van der Waals surface area contributed by atoms with Gasteiger partial charge in [-0.2, -0.15) is 0 Å². The minimum atomic E-state index is -0.207. The van der Waals surface area contributed by atoms with Crippen LogP contribution in [-0.4, -0.2) is 54.1 Å². The summed E-state index contributed by atoms with van der Waals surface area (Å²) in [5.41, 5.74) is 0.953. The largest absolute Gasteiger partial charge is 0.338 e. The molecule has 1 atom stereocenters. The molecule has 3 fully saturated rings. The first-order chi connectivity index (χ1) is 12.2. The fraction of sp³-hybridized carbons (Fsp3) is 0.650. The van der Waals surface area contributed by atoms with E-state index in [4.69, 9.17) is 0 Å². The summed E-state index contributed by atoms with van der Waals surface area (Å²) >= 11 is 0. The lowest BCUT2D eigenvalue weighted by Gasteiger charge is -2.24. The fourth-order valence-electron chi connectivity index (χ4n) is 3.91. The SMILES string of the molecule is O=C(NCC1CCN(C2CC2)C1)N(CCc1cccc(F)c1)C1CC1. The van der Waals surface area contributed by atoms with Crippen molar-refractivity contribution in [3.8, 4) is 0 Å². The standard InChI is InChI=1S/C20H28FN3O/c21-17-3-1-2-15(12-17)9-11-24(19-6-7-19)20(25)22-13-16-8-10-23(14-16)18-4-5-18/h1-3,12,16,18-19H,4-11,13-14H2,(H,22,25). The molecule has 25 heavy (non-hydrogen) atoms. The number of rotatable bonds is 7. The quantitative estimate of drug-likeness (QED) is 0.824. The highest BCUT2D eigenvalue weighted by atomic mass is 19.1. The molecule has 0 bridgehead atoms. The highest BCUT2D eigenvalue weighted by molar-refractivity contribution is 5.75. The monoisotopic (exact) mass is 345 g/mol. The van der Waals surface area contributed by atoms with Gasteiger partial charge in [-0.05, 0) is 68.7 Å². The Morgan fingerprint density at radius 3 is 2.80 bits per heavy atom. The normalized spacial score (nSPS) is 23.6. The summed E-state index contributed by atoms with van der Waals surface area (Å²) in [4.78, 5) is 17.2. The molecule has 2 amide bonds. The van der Waals surface area contributed by atoms with E-state index in [1.54, 1.807) is 12.1 Å². The van der Waals surface area contributed by atoms with Crippen molar-refractivity contribution in [1.82, 2.24) is 15.1 Å². The van der Waals surface area contributed by atoms with Gasteiger partial charge in [0, 0.05) is 31.7 Å². The molecule has 0 spiro atoms. The summed E-state index contributed by atoms with van der Waals surface area (Å²) in [6.45, 7) is 3.78. The van der Waals surface area contributed by atoms with Crippen LogP contribution in [0.3, 0.4) is 0 Å². The lowest BCUT2D eigenvalue weighted by molar-refractivity contribution is 0.193. The van der Waals surface area contributed by atoms with Gasteiger partial charge < -0.3 is 15.1 Å². The number of halogens is 1. The van der Waals surface area contributed by atoms with Crippen molar-refractivity contribution in [3.63, 3.8) is 0 Å². The minimum Gasteiger partial charge on any atom is -0.338 e. The number of hydrogen-bond acceptors (Lipinski definition) is 2. The van der Waals surface area contributed by atoms with Crippen LogP contribution in [0.4, 0.5) is 9.18 Å². The van der Waals surface area contributed by atoms with Gasteiger partial charge in [0.25, 0.3) is 0 Å². The fourth-order valence-corrected chi connectivity index (χ4v) is 3.91. The van der Waals surface area contributed by atoms with Crippen molar-refractivity contribution < 1.29 is 9.18 Å². The second-order valence-electron chi connectivity index (χ2n) is 7.87. The van der Waals surface area contributed by atoms with E-state index in [1.807, 2.05) is 11.0 Å². The molecule has 1 saturated heterocycles. The molecule has 1 aromatic carbocycles. The molecule has 5 heteroatoms. The number of urea groups is 1. The Hall–Kier alpha value is -1.62. The summed E-state index contributed by atoms with van der Waals surface area (Å²) in [6.07, 6.45) is 6.80. The van der Waals surface area contributed by atoms with Crippen molar-refractivity contribution in [1.29, 1.82) is 0 Å². The molecule has 1 unspecified atom stereocenters. The van der Waals surface area contributed by atoms with Crippen LogP contribution in [-0.2, 0) is 6.42 Å². The Morgan fingerprint density at radius 1 is 1.24 bits per heavy atom. The summed E-state index contributed by atoms with van der Waals surface area (Å²) in [6, 6.07) is 7.95. The van der Waals surface area contributed by atoms with E-state index in [9.17, 15) is 9.18 Å². The molecular formula is C20H28FN3O. The number of carbonyl (C=O) groups excluding carboxylic acids is 1. The molecule has 136 valence electrons. The van der Waals surface area contributed by atoms with E-state index in [0.29, 0.717) is 24.9 Å². The Balaban J connectivity index is 1.25. The Kier molecular flexibility index (Phi) is 4.93. The van der Waals surface area contributed by atoms with Crippen molar-refractivity contribution >= 4 is 6.03 Å². The molecular weight excluding hydrogens is 317 g/mol. The molecule has 1 aromatic rings. The van der Waals surface area contributed by atoms with Crippen molar-refractivity contribution in [2.75, 3.05) is 26.2 Å². The molecule has 4 nitrogen and oxygen atoms in total. The van der Waals surface area contributed by atoms with Gasteiger partial charge in [0.1, 0.15) is 5.82 Å². The molecule has 4 rings (SSSR count). The van der Waals surface area contributed by atoms with Gasteiger partial charge >= 0.3 is 6.03 Å². The first kappa shape index (κ1) is 16.8. The maximum absolute atomic E-state index is 13.3. The van der Waals surface area contributed by atoms with Crippen molar-refractivity contribution in [2.24, 2.45) is 5.92 Å². The van der Waals surface area contributed by atoms with Gasteiger partial charge in [-0.1, -0.05) is 12.1 Å². The molecule has 1 N–H and O–H groups in total. The van der Waals surface area contributed by atoms with Gasteiger partial charge in [0.05, 0.1) is 0 Å². The minimum absolute atomic E-state index is 0.0591. The average Bonchev–Trinajstić information content (AvgIpc) is 3.53. The zero-order valence-electron chi connectivity index (χ0n) is 14.8.